The fourth-order valence-electron chi connectivity index (χ4n) is 3.63. The Balaban J connectivity index is 3.45. The Hall–Kier alpha value is -0.790. The van der Waals surface area contributed by atoms with Gasteiger partial charge in [-0.2, -0.15) is 0 Å². The number of aliphatic carboxylic acids is 1. The fourth-order valence-corrected chi connectivity index (χ4v) is 3.63. The lowest BCUT2D eigenvalue weighted by Gasteiger charge is -2.14. The van der Waals surface area contributed by atoms with Gasteiger partial charge in [-0.05, 0) is 25.7 Å². The summed E-state index contributed by atoms with van der Waals surface area (Å²) in [4.78, 5) is 10.7. The highest BCUT2D eigenvalue weighted by atomic mass is 16.4. The first kappa shape index (κ1) is 25.2. The van der Waals surface area contributed by atoms with E-state index in [-0.39, 0.29) is 0 Å². The second kappa shape index (κ2) is 19.0. The van der Waals surface area contributed by atoms with Gasteiger partial charge in [-0.3, -0.25) is 0 Å². The van der Waals surface area contributed by atoms with Crippen LogP contribution in [0.15, 0.2) is 11.6 Å². The molecule has 0 aromatic carbocycles. The van der Waals surface area contributed by atoms with Crippen molar-refractivity contribution in [2.75, 3.05) is 0 Å². The minimum atomic E-state index is -0.784. The van der Waals surface area contributed by atoms with Crippen molar-refractivity contribution in [3.8, 4) is 0 Å². The van der Waals surface area contributed by atoms with Crippen molar-refractivity contribution in [2.24, 2.45) is 5.92 Å². The number of rotatable bonds is 19. The van der Waals surface area contributed by atoms with Gasteiger partial charge in [0.1, 0.15) is 0 Å². The molecule has 2 heteroatoms. The Bertz CT molecular complexity index is 346. The predicted octanol–water partition coefficient (Wildman–Crippen LogP) is 8.31. The molecule has 0 saturated heterocycles. The van der Waals surface area contributed by atoms with E-state index in [9.17, 15) is 4.79 Å². The van der Waals surface area contributed by atoms with Gasteiger partial charge in [0, 0.05) is 5.57 Å². The number of carboxylic acid groups (broad SMARTS) is 1. The average Bonchev–Trinajstić information content (AvgIpc) is 2.63. The Morgan fingerprint density at radius 2 is 1.23 bits per heavy atom. The standard InChI is InChI=1S/C24H46O2/c1-4-6-7-8-9-10-11-12-13-14-17-20-23(5-2)21-18-15-16-19-22(3)24(25)26/h19,23H,4-18,20-21H2,1-3H3,(H,25,26)/b22-19+. The zero-order valence-electron chi connectivity index (χ0n) is 18.0. The number of carboxylic acids is 1. The van der Waals surface area contributed by atoms with E-state index in [2.05, 4.69) is 13.8 Å². The third-order valence-electron chi connectivity index (χ3n) is 5.65. The van der Waals surface area contributed by atoms with E-state index in [1.54, 1.807) is 6.92 Å². The molecular formula is C24H46O2. The Morgan fingerprint density at radius 1 is 0.769 bits per heavy atom. The second-order valence-corrected chi connectivity index (χ2v) is 8.08. The van der Waals surface area contributed by atoms with Crippen molar-refractivity contribution in [1.82, 2.24) is 0 Å². The van der Waals surface area contributed by atoms with Crippen molar-refractivity contribution in [3.05, 3.63) is 11.6 Å². The normalized spacial score (nSPS) is 13.1. The minimum Gasteiger partial charge on any atom is -0.478 e. The zero-order valence-corrected chi connectivity index (χ0v) is 18.0. The highest BCUT2D eigenvalue weighted by Crippen LogP contribution is 2.21. The summed E-state index contributed by atoms with van der Waals surface area (Å²) in [7, 11) is 0. The molecule has 0 spiro atoms. The molecule has 154 valence electrons. The van der Waals surface area contributed by atoms with Gasteiger partial charge in [-0.1, -0.05) is 116 Å². The zero-order chi connectivity index (χ0) is 19.5. The van der Waals surface area contributed by atoms with E-state index in [4.69, 9.17) is 5.11 Å². The van der Waals surface area contributed by atoms with E-state index in [0.29, 0.717) is 5.57 Å². The molecule has 0 radical (unpaired) electrons. The Kier molecular flexibility index (Phi) is 18.4. The smallest absolute Gasteiger partial charge is 0.330 e. The van der Waals surface area contributed by atoms with Crippen LogP contribution in [0.5, 0.6) is 0 Å². The highest BCUT2D eigenvalue weighted by molar-refractivity contribution is 5.85. The monoisotopic (exact) mass is 366 g/mol. The van der Waals surface area contributed by atoms with E-state index in [0.717, 1.165) is 18.8 Å². The molecule has 1 unspecified atom stereocenters. The molecule has 0 amide bonds. The van der Waals surface area contributed by atoms with Crippen LogP contribution >= 0.6 is 0 Å². The molecular weight excluding hydrogens is 320 g/mol. The molecule has 0 aromatic heterocycles. The van der Waals surface area contributed by atoms with Crippen LogP contribution < -0.4 is 0 Å². The van der Waals surface area contributed by atoms with Crippen molar-refractivity contribution in [3.63, 3.8) is 0 Å². The lowest BCUT2D eigenvalue weighted by Crippen LogP contribution is -1.99. The molecule has 0 aliphatic carbocycles. The Labute approximate surface area is 163 Å². The van der Waals surface area contributed by atoms with Gasteiger partial charge in [-0.15, -0.1) is 0 Å². The van der Waals surface area contributed by atoms with Gasteiger partial charge in [0.25, 0.3) is 0 Å². The molecule has 0 aliphatic heterocycles. The molecule has 0 aromatic rings. The first-order valence-corrected chi connectivity index (χ1v) is 11.5. The summed E-state index contributed by atoms with van der Waals surface area (Å²) >= 11 is 0. The van der Waals surface area contributed by atoms with Crippen LogP contribution in [0.1, 0.15) is 130 Å². The van der Waals surface area contributed by atoms with Crippen LogP contribution in [0.2, 0.25) is 0 Å². The number of carbonyl (C=O) groups is 1. The molecule has 2 nitrogen and oxygen atoms in total. The van der Waals surface area contributed by atoms with E-state index in [1.165, 1.54) is 96.3 Å². The molecule has 0 saturated carbocycles. The highest BCUT2D eigenvalue weighted by Gasteiger charge is 2.06. The van der Waals surface area contributed by atoms with Crippen LogP contribution in [0.4, 0.5) is 0 Å². The van der Waals surface area contributed by atoms with Crippen molar-refractivity contribution in [1.29, 1.82) is 0 Å². The van der Waals surface area contributed by atoms with Gasteiger partial charge < -0.3 is 5.11 Å². The molecule has 1 N–H and O–H groups in total. The van der Waals surface area contributed by atoms with Gasteiger partial charge in [0.15, 0.2) is 0 Å². The van der Waals surface area contributed by atoms with Crippen LogP contribution in [0, 0.1) is 5.92 Å². The molecule has 0 heterocycles. The van der Waals surface area contributed by atoms with E-state index >= 15 is 0 Å². The molecule has 1 atom stereocenters. The Morgan fingerprint density at radius 3 is 1.69 bits per heavy atom. The maximum absolute atomic E-state index is 10.7. The van der Waals surface area contributed by atoms with Gasteiger partial charge >= 0.3 is 5.97 Å². The van der Waals surface area contributed by atoms with Gasteiger partial charge in [-0.25, -0.2) is 4.79 Å². The summed E-state index contributed by atoms with van der Waals surface area (Å²) in [6, 6.07) is 0. The molecule has 26 heavy (non-hydrogen) atoms. The maximum atomic E-state index is 10.7. The number of hydrogen-bond acceptors (Lipinski definition) is 1. The lowest BCUT2D eigenvalue weighted by molar-refractivity contribution is -0.132. The first-order chi connectivity index (χ1) is 12.6. The van der Waals surface area contributed by atoms with E-state index < -0.39 is 5.97 Å². The van der Waals surface area contributed by atoms with Gasteiger partial charge in [0.05, 0.1) is 0 Å². The fraction of sp³-hybridized carbons (Fsp3) is 0.875. The minimum absolute atomic E-state index is 0.484. The van der Waals surface area contributed by atoms with E-state index in [1.807, 2.05) is 6.08 Å². The summed E-state index contributed by atoms with van der Waals surface area (Å²) in [6.07, 6.45) is 24.7. The number of allylic oxidation sites excluding steroid dienone is 1. The van der Waals surface area contributed by atoms with Crippen LogP contribution in [-0.4, -0.2) is 11.1 Å². The van der Waals surface area contributed by atoms with Crippen LogP contribution in [0.25, 0.3) is 0 Å². The predicted molar refractivity (Wildman–Crippen MR) is 115 cm³/mol. The lowest BCUT2D eigenvalue weighted by atomic mass is 9.92. The molecule has 0 fully saturated rings. The van der Waals surface area contributed by atoms with Crippen LogP contribution in [0.3, 0.4) is 0 Å². The summed E-state index contributed by atoms with van der Waals surface area (Å²) < 4.78 is 0. The van der Waals surface area contributed by atoms with Gasteiger partial charge in [0.2, 0.25) is 0 Å². The number of unbranched alkanes of at least 4 members (excludes halogenated alkanes) is 12. The largest absolute Gasteiger partial charge is 0.478 e. The summed E-state index contributed by atoms with van der Waals surface area (Å²) in [6.45, 7) is 6.28. The topological polar surface area (TPSA) is 37.3 Å². The first-order valence-electron chi connectivity index (χ1n) is 11.5. The van der Waals surface area contributed by atoms with Crippen molar-refractivity contribution < 1.29 is 9.90 Å². The molecule has 0 bridgehead atoms. The van der Waals surface area contributed by atoms with Crippen molar-refractivity contribution in [2.45, 2.75) is 130 Å². The van der Waals surface area contributed by atoms with Crippen LogP contribution in [-0.2, 0) is 4.79 Å². The SMILES string of the molecule is CCCCCCCCCCCCCC(CC)CCCC/C=C(\C)C(=O)O. The molecule has 0 rings (SSSR count). The maximum Gasteiger partial charge on any atom is 0.330 e. The summed E-state index contributed by atoms with van der Waals surface area (Å²) in [5.41, 5.74) is 0.484. The average molecular weight is 367 g/mol. The third kappa shape index (κ3) is 16.7. The summed E-state index contributed by atoms with van der Waals surface area (Å²) in [5, 5.41) is 8.83. The third-order valence-corrected chi connectivity index (χ3v) is 5.65. The summed E-state index contributed by atoms with van der Waals surface area (Å²) in [5.74, 6) is 0.0889. The second-order valence-electron chi connectivity index (χ2n) is 8.08. The van der Waals surface area contributed by atoms with Crippen molar-refractivity contribution >= 4 is 5.97 Å². The quantitative estimate of drug-likeness (QED) is 0.184. The number of hydrogen-bond donors (Lipinski definition) is 1. The molecule has 0 aliphatic rings.